The van der Waals surface area contributed by atoms with Crippen molar-refractivity contribution in [1.82, 2.24) is 9.21 Å². The van der Waals surface area contributed by atoms with E-state index < -0.39 is 10.0 Å². The number of anilines is 1. The van der Waals surface area contributed by atoms with Gasteiger partial charge in [-0.1, -0.05) is 37.6 Å². The number of carbonyl (C=O) groups excluding carboxylic acids is 1. The van der Waals surface area contributed by atoms with Gasteiger partial charge in [-0.15, -0.1) is 0 Å². The molecule has 1 N–H and O–H groups in total. The first-order chi connectivity index (χ1) is 14.7. The van der Waals surface area contributed by atoms with Gasteiger partial charge in [0.05, 0.1) is 11.4 Å². The smallest absolute Gasteiger partial charge is 0.243 e. The number of aryl methyl sites for hydroxylation is 2. The van der Waals surface area contributed by atoms with Gasteiger partial charge in [-0.2, -0.15) is 4.31 Å². The second-order valence-corrected chi connectivity index (χ2v) is 9.42. The van der Waals surface area contributed by atoms with E-state index in [0.717, 1.165) is 5.75 Å². The number of rotatable bonds is 11. The number of ether oxygens (including phenoxy) is 1. The van der Waals surface area contributed by atoms with Crippen LogP contribution in [0.15, 0.2) is 47.4 Å². The Labute approximate surface area is 186 Å². The molecule has 170 valence electrons. The zero-order chi connectivity index (χ0) is 23.0. The van der Waals surface area contributed by atoms with Crippen molar-refractivity contribution in [2.45, 2.75) is 32.6 Å². The van der Waals surface area contributed by atoms with Crippen molar-refractivity contribution in [3.63, 3.8) is 0 Å². The Morgan fingerprint density at radius 2 is 1.68 bits per heavy atom. The van der Waals surface area contributed by atoms with Crippen LogP contribution in [0.4, 0.5) is 5.69 Å². The first kappa shape index (κ1) is 24.8. The van der Waals surface area contributed by atoms with Gasteiger partial charge in [0.1, 0.15) is 12.4 Å². The molecule has 0 aliphatic heterocycles. The third-order valence-corrected chi connectivity index (χ3v) is 7.16. The zero-order valence-corrected chi connectivity index (χ0v) is 19.8. The van der Waals surface area contributed by atoms with Crippen LogP contribution in [0.25, 0.3) is 0 Å². The van der Waals surface area contributed by atoms with Gasteiger partial charge < -0.3 is 10.1 Å². The number of amides is 1. The van der Waals surface area contributed by atoms with E-state index in [1.807, 2.05) is 43.1 Å². The lowest BCUT2D eigenvalue weighted by molar-refractivity contribution is -0.117. The molecule has 0 saturated heterocycles. The molecule has 0 aliphatic rings. The van der Waals surface area contributed by atoms with Crippen LogP contribution in [-0.4, -0.2) is 63.4 Å². The van der Waals surface area contributed by atoms with E-state index in [2.05, 4.69) is 5.32 Å². The van der Waals surface area contributed by atoms with E-state index in [1.165, 1.54) is 15.9 Å². The Hall–Kier alpha value is -2.42. The van der Waals surface area contributed by atoms with Crippen LogP contribution in [0.2, 0.25) is 0 Å². The Kier molecular flexibility index (Phi) is 9.03. The summed E-state index contributed by atoms with van der Waals surface area (Å²) in [5.74, 6) is 0.581. The molecule has 0 saturated carbocycles. The van der Waals surface area contributed by atoms with Gasteiger partial charge in [0.15, 0.2) is 0 Å². The van der Waals surface area contributed by atoms with E-state index in [9.17, 15) is 13.2 Å². The fourth-order valence-electron chi connectivity index (χ4n) is 3.14. The van der Waals surface area contributed by atoms with E-state index in [-0.39, 0.29) is 17.3 Å². The molecule has 0 unspecified atom stereocenters. The molecule has 2 rings (SSSR count). The molecule has 7 nitrogen and oxygen atoms in total. The Bertz CT molecular complexity index is 971. The van der Waals surface area contributed by atoms with Crippen LogP contribution in [0.3, 0.4) is 0 Å². The van der Waals surface area contributed by atoms with Crippen LogP contribution >= 0.6 is 0 Å². The number of benzene rings is 2. The van der Waals surface area contributed by atoms with Crippen molar-refractivity contribution < 1.29 is 17.9 Å². The molecule has 0 heterocycles. The van der Waals surface area contributed by atoms with Gasteiger partial charge in [-0.3, -0.25) is 9.69 Å². The molecule has 0 fully saturated rings. The fourth-order valence-corrected chi connectivity index (χ4v) is 4.85. The first-order valence-electron chi connectivity index (χ1n) is 10.5. The number of likely N-dealkylation sites (N-methyl/N-ethyl adjacent to an activating group) is 1. The molecule has 1 amide bonds. The molecule has 0 bridgehead atoms. The Morgan fingerprint density at radius 3 is 2.29 bits per heavy atom. The second kappa shape index (κ2) is 11.3. The van der Waals surface area contributed by atoms with Crippen molar-refractivity contribution in [1.29, 1.82) is 0 Å². The average Bonchev–Trinajstić information content (AvgIpc) is 2.71. The lowest BCUT2D eigenvalue weighted by atomic mass is 10.2. The molecule has 0 atom stereocenters. The molecule has 0 radical (unpaired) electrons. The van der Waals surface area contributed by atoms with Crippen molar-refractivity contribution >= 4 is 21.6 Å². The van der Waals surface area contributed by atoms with Gasteiger partial charge in [0.25, 0.3) is 0 Å². The van der Waals surface area contributed by atoms with Gasteiger partial charge in [0, 0.05) is 25.3 Å². The maximum atomic E-state index is 12.9. The van der Waals surface area contributed by atoms with Crippen molar-refractivity contribution in [3.8, 4) is 5.75 Å². The standard InChI is InChI=1S/C23H33N3O4S/c1-6-26(7-2)31(28,29)22-16-20(11-10-19(22)4)24-23(27)17-25(5)14-15-30-21-12-8-18(3)9-13-21/h8-13,16H,6-7,14-15,17H2,1-5H3,(H,24,27). The highest BCUT2D eigenvalue weighted by Crippen LogP contribution is 2.23. The summed E-state index contributed by atoms with van der Waals surface area (Å²) >= 11 is 0. The molecular formula is C23H33N3O4S. The van der Waals surface area contributed by atoms with E-state index in [0.29, 0.717) is 37.5 Å². The summed E-state index contributed by atoms with van der Waals surface area (Å²) in [6.45, 7) is 9.38. The van der Waals surface area contributed by atoms with Gasteiger partial charge in [-0.05, 0) is 50.7 Å². The summed E-state index contributed by atoms with van der Waals surface area (Å²) in [4.78, 5) is 14.5. The van der Waals surface area contributed by atoms with Crippen LogP contribution in [0.1, 0.15) is 25.0 Å². The number of nitrogens with zero attached hydrogens (tertiary/aromatic N) is 2. The van der Waals surface area contributed by atoms with Crippen molar-refractivity contribution in [2.75, 3.05) is 45.2 Å². The molecule has 0 aliphatic carbocycles. The number of nitrogens with one attached hydrogen (secondary N) is 1. The monoisotopic (exact) mass is 447 g/mol. The van der Waals surface area contributed by atoms with Crippen LogP contribution in [-0.2, 0) is 14.8 Å². The van der Waals surface area contributed by atoms with Gasteiger partial charge in [0.2, 0.25) is 15.9 Å². The highest BCUT2D eigenvalue weighted by molar-refractivity contribution is 7.89. The molecular weight excluding hydrogens is 414 g/mol. The second-order valence-electron chi connectivity index (χ2n) is 7.52. The highest BCUT2D eigenvalue weighted by Gasteiger charge is 2.24. The summed E-state index contributed by atoms with van der Waals surface area (Å²) in [7, 11) is -1.76. The van der Waals surface area contributed by atoms with Crippen LogP contribution in [0, 0.1) is 13.8 Å². The van der Waals surface area contributed by atoms with Crippen molar-refractivity contribution in [2.24, 2.45) is 0 Å². The summed E-state index contributed by atoms with van der Waals surface area (Å²) in [6, 6.07) is 12.8. The maximum Gasteiger partial charge on any atom is 0.243 e. The van der Waals surface area contributed by atoms with Crippen molar-refractivity contribution in [3.05, 3.63) is 53.6 Å². The molecule has 2 aromatic carbocycles. The molecule has 8 heteroatoms. The number of carbonyl (C=O) groups is 1. The topological polar surface area (TPSA) is 79.0 Å². The summed E-state index contributed by atoms with van der Waals surface area (Å²) in [5, 5.41) is 2.80. The average molecular weight is 448 g/mol. The number of hydrogen-bond donors (Lipinski definition) is 1. The lowest BCUT2D eigenvalue weighted by Crippen LogP contribution is -2.33. The lowest BCUT2D eigenvalue weighted by Gasteiger charge is -2.21. The minimum atomic E-state index is -3.60. The summed E-state index contributed by atoms with van der Waals surface area (Å²) < 4.78 is 32.9. The SMILES string of the molecule is CCN(CC)S(=O)(=O)c1cc(NC(=O)CN(C)CCOc2ccc(C)cc2)ccc1C. The fraction of sp³-hybridized carbons (Fsp3) is 0.435. The molecule has 31 heavy (non-hydrogen) atoms. The third-order valence-electron chi connectivity index (χ3n) is 4.97. The van der Waals surface area contributed by atoms with E-state index in [4.69, 9.17) is 4.74 Å². The van der Waals surface area contributed by atoms with E-state index in [1.54, 1.807) is 32.9 Å². The third kappa shape index (κ3) is 7.05. The van der Waals surface area contributed by atoms with Crippen LogP contribution in [0.5, 0.6) is 5.75 Å². The number of hydrogen-bond acceptors (Lipinski definition) is 5. The highest BCUT2D eigenvalue weighted by atomic mass is 32.2. The minimum Gasteiger partial charge on any atom is -0.492 e. The normalized spacial score (nSPS) is 11.7. The van der Waals surface area contributed by atoms with E-state index >= 15 is 0 Å². The summed E-state index contributed by atoms with van der Waals surface area (Å²) in [5.41, 5.74) is 2.28. The minimum absolute atomic E-state index is 0.170. The van der Waals surface area contributed by atoms with Gasteiger partial charge >= 0.3 is 0 Å². The number of sulfonamides is 1. The summed E-state index contributed by atoms with van der Waals surface area (Å²) in [6.07, 6.45) is 0. The molecule has 2 aromatic rings. The zero-order valence-electron chi connectivity index (χ0n) is 19.0. The first-order valence-corrected chi connectivity index (χ1v) is 11.9. The Balaban J connectivity index is 1.93. The Morgan fingerprint density at radius 1 is 1.03 bits per heavy atom. The van der Waals surface area contributed by atoms with Gasteiger partial charge in [-0.25, -0.2) is 8.42 Å². The molecule has 0 spiro atoms. The largest absolute Gasteiger partial charge is 0.492 e. The van der Waals surface area contributed by atoms with Crippen LogP contribution < -0.4 is 10.1 Å². The predicted molar refractivity (Wildman–Crippen MR) is 124 cm³/mol. The molecule has 0 aromatic heterocycles. The predicted octanol–water partition coefficient (Wildman–Crippen LogP) is 3.28. The maximum absolute atomic E-state index is 12.9. The quantitative estimate of drug-likeness (QED) is 0.572.